The van der Waals surface area contributed by atoms with E-state index in [-0.39, 0.29) is 12.5 Å². The molecule has 0 bridgehead atoms. The van der Waals surface area contributed by atoms with Gasteiger partial charge in [-0.25, -0.2) is 5.43 Å². The zero-order chi connectivity index (χ0) is 14.4. The number of carbonyl (C=O) groups excluding carboxylic acids is 1. The van der Waals surface area contributed by atoms with Crippen LogP contribution >= 0.6 is 11.3 Å². The van der Waals surface area contributed by atoms with Crippen LogP contribution in [0.2, 0.25) is 0 Å². The number of benzene rings is 1. The second-order valence-corrected chi connectivity index (χ2v) is 5.26. The lowest BCUT2D eigenvalue weighted by Gasteiger charge is -2.07. The third-order valence-electron chi connectivity index (χ3n) is 2.73. The highest BCUT2D eigenvalue weighted by atomic mass is 32.1. The lowest BCUT2D eigenvalue weighted by atomic mass is 10.2. The second kappa shape index (κ2) is 6.86. The lowest BCUT2D eigenvalue weighted by Crippen LogP contribution is -2.24. The van der Waals surface area contributed by atoms with Crippen LogP contribution in [-0.4, -0.2) is 18.7 Å². The van der Waals surface area contributed by atoms with Crippen molar-refractivity contribution in [2.75, 3.05) is 6.61 Å². The van der Waals surface area contributed by atoms with E-state index in [1.54, 1.807) is 17.6 Å². The Morgan fingerprint density at radius 1 is 1.30 bits per heavy atom. The Morgan fingerprint density at radius 3 is 2.80 bits per heavy atom. The minimum atomic E-state index is -0.279. The van der Waals surface area contributed by atoms with Gasteiger partial charge in [-0.1, -0.05) is 18.2 Å². The van der Waals surface area contributed by atoms with Crippen molar-refractivity contribution < 1.29 is 9.53 Å². The average Bonchev–Trinajstić information content (AvgIpc) is 2.84. The fourth-order valence-corrected chi connectivity index (χ4v) is 2.36. The summed E-state index contributed by atoms with van der Waals surface area (Å²) in [5, 5.41) is 5.90. The van der Waals surface area contributed by atoms with Crippen molar-refractivity contribution in [2.24, 2.45) is 5.10 Å². The molecule has 0 unspecified atom stereocenters. The monoisotopic (exact) mass is 288 g/mol. The molecule has 0 fully saturated rings. The molecular formula is C15H16N2O2S. The predicted molar refractivity (Wildman–Crippen MR) is 81.5 cm³/mol. The molecule has 4 nitrogen and oxygen atoms in total. The standard InChI is InChI=1S/C15H16N2O2S/c1-11-5-3-4-6-13(11)19-10-15(18)17-16-9-14-12(2)7-8-20-14/h3-9H,10H2,1-2H3,(H,17,18)/b16-9+. The van der Waals surface area contributed by atoms with Crippen molar-refractivity contribution >= 4 is 23.5 Å². The molecule has 1 aromatic heterocycles. The molecule has 1 amide bonds. The molecule has 0 spiro atoms. The number of nitrogens with zero attached hydrogens (tertiary/aromatic N) is 1. The van der Waals surface area contributed by atoms with Crippen LogP contribution in [0.3, 0.4) is 0 Å². The summed E-state index contributed by atoms with van der Waals surface area (Å²) in [4.78, 5) is 12.6. The van der Waals surface area contributed by atoms with Gasteiger partial charge in [-0.15, -0.1) is 11.3 Å². The van der Waals surface area contributed by atoms with Gasteiger partial charge < -0.3 is 4.74 Å². The van der Waals surface area contributed by atoms with Gasteiger partial charge in [-0.05, 0) is 42.5 Å². The largest absolute Gasteiger partial charge is 0.483 e. The van der Waals surface area contributed by atoms with Crippen LogP contribution in [0.25, 0.3) is 0 Å². The molecule has 0 aliphatic carbocycles. The second-order valence-electron chi connectivity index (χ2n) is 4.32. The lowest BCUT2D eigenvalue weighted by molar-refractivity contribution is -0.123. The zero-order valence-electron chi connectivity index (χ0n) is 11.4. The maximum Gasteiger partial charge on any atom is 0.277 e. The van der Waals surface area contributed by atoms with Crippen molar-refractivity contribution in [1.29, 1.82) is 0 Å². The minimum Gasteiger partial charge on any atom is -0.483 e. The Kier molecular flexibility index (Phi) is 4.90. The number of ether oxygens (including phenoxy) is 1. The van der Waals surface area contributed by atoms with E-state index >= 15 is 0 Å². The number of carbonyl (C=O) groups is 1. The minimum absolute atomic E-state index is 0.0500. The molecule has 2 rings (SSSR count). The highest BCUT2D eigenvalue weighted by Crippen LogP contribution is 2.15. The number of nitrogens with one attached hydrogen (secondary N) is 1. The van der Waals surface area contributed by atoms with E-state index in [0.717, 1.165) is 16.0 Å². The first kappa shape index (κ1) is 14.3. The van der Waals surface area contributed by atoms with Gasteiger partial charge in [-0.3, -0.25) is 4.79 Å². The number of para-hydroxylation sites is 1. The fourth-order valence-electron chi connectivity index (χ4n) is 1.57. The van der Waals surface area contributed by atoms with Crippen molar-refractivity contribution in [3.8, 4) is 5.75 Å². The van der Waals surface area contributed by atoms with Gasteiger partial charge in [0.25, 0.3) is 5.91 Å². The summed E-state index contributed by atoms with van der Waals surface area (Å²) in [6, 6.07) is 9.58. The molecule has 0 aliphatic heterocycles. The van der Waals surface area contributed by atoms with E-state index in [1.165, 1.54) is 0 Å². The number of hydrogen-bond donors (Lipinski definition) is 1. The molecule has 0 aliphatic rings. The summed E-state index contributed by atoms with van der Waals surface area (Å²) < 4.78 is 5.43. The van der Waals surface area contributed by atoms with Crippen molar-refractivity contribution in [3.63, 3.8) is 0 Å². The van der Waals surface area contributed by atoms with E-state index < -0.39 is 0 Å². The molecular weight excluding hydrogens is 272 g/mol. The van der Waals surface area contributed by atoms with E-state index in [2.05, 4.69) is 10.5 Å². The van der Waals surface area contributed by atoms with Gasteiger partial charge in [0.1, 0.15) is 5.75 Å². The molecule has 0 atom stereocenters. The summed E-state index contributed by atoms with van der Waals surface area (Å²) in [5.74, 6) is 0.430. The molecule has 104 valence electrons. The summed E-state index contributed by atoms with van der Waals surface area (Å²) in [6.07, 6.45) is 1.64. The molecule has 1 N–H and O–H groups in total. The van der Waals surface area contributed by atoms with Gasteiger partial charge in [0, 0.05) is 4.88 Å². The molecule has 5 heteroatoms. The van der Waals surface area contributed by atoms with Gasteiger partial charge in [0.05, 0.1) is 6.21 Å². The van der Waals surface area contributed by atoms with Crippen LogP contribution in [0.5, 0.6) is 5.75 Å². The number of thiophene rings is 1. The van der Waals surface area contributed by atoms with E-state index in [9.17, 15) is 4.79 Å². The molecule has 0 saturated carbocycles. The van der Waals surface area contributed by atoms with Crippen molar-refractivity contribution in [3.05, 3.63) is 51.7 Å². The number of hydrogen-bond acceptors (Lipinski definition) is 4. The molecule has 20 heavy (non-hydrogen) atoms. The van der Waals surface area contributed by atoms with E-state index in [0.29, 0.717) is 5.75 Å². The average molecular weight is 288 g/mol. The molecule has 1 aromatic carbocycles. The van der Waals surface area contributed by atoms with Crippen LogP contribution < -0.4 is 10.2 Å². The first-order chi connectivity index (χ1) is 9.66. The molecule has 1 heterocycles. The maximum atomic E-state index is 11.6. The van der Waals surface area contributed by atoms with Crippen molar-refractivity contribution in [2.45, 2.75) is 13.8 Å². The number of rotatable bonds is 5. The Morgan fingerprint density at radius 2 is 2.10 bits per heavy atom. The third-order valence-corrected chi connectivity index (χ3v) is 3.68. The summed E-state index contributed by atoms with van der Waals surface area (Å²) in [5.41, 5.74) is 4.59. The molecule has 2 aromatic rings. The van der Waals surface area contributed by atoms with E-state index in [4.69, 9.17) is 4.74 Å². The molecule has 0 radical (unpaired) electrons. The van der Waals surface area contributed by atoms with Crippen LogP contribution in [0.15, 0.2) is 40.8 Å². The van der Waals surface area contributed by atoms with Crippen molar-refractivity contribution in [1.82, 2.24) is 5.43 Å². The van der Waals surface area contributed by atoms with Gasteiger partial charge in [-0.2, -0.15) is 5.10 Å². The normalized spacial score (nSPS) is 10.7. The number of aryl methyl sites for hydroxylation is 2. The zero-order valence-corrected chi connectivity index (χ0v) is 12.2. The first-order valence-electron chi connectivity index (χ1n) is 6.21. The van der Waals surface area contributed by atoms with Crippen LogP contribution in [0.1, 0.15) is 16.0 Å². The predicted octanol–water partition coefficient (Wildman–Crippen LogP) is 2.89. The number of amides is 1. The van der Waals surface area contributed by atoms with Crippen LogP contribution in [-0.2, 0) is 4.79 Å². The smallest absolute Gasteiger partial charge is 0.277 e. The van der Waals surface area contributed by atoms with Gasteiger partial charge >= 0.3 is 0 Å². The summed E-state index contributed by atoms with van der Waals surface area (Å²) in [7, 11) is 0. The summed E-state index contributed by atoms with van der Waals surface area (Å²) >= 11 is 1.58. The van der Waals surface area contributed by atoms with Gasteiger partial charge in [0.2, 0.25) is 0 Å². The number of hydrazone groups is 1. The molecule has 0 saturated heterocycles. The topological polar surface area (TPSA) is 50.7 Å². The van der Waals surface area contributed by atoms with E-state index in [1.807, 2.05) is 49.6 Å². The highest BCUT2D eigenvalue weighted by molar-refractivity contribution is 7.11. The highest BCUT2D eigenvalue weighted by Gasteiger charge is 2.03. The quantitative estimate of drug-likeness (QED) is 0.679. The Balaban J connectivity index is 1.80. The maximum absolute atomic E-state index is 11.6. The van der Waals surface area contributed by atoms with Gasteiger partial charge in [0.15, 0.2) is 6.61 Å². The Hall–Kier alpha value is -2.14. The first-order valence-corrected chi connectivity index (χ1v) is 7.09. The Bertz CT molecular complexity index is 620. The summed E-state index contributed by atoms with van der Waals surface area (Å²) in [6.45, 7) is 3.89. The fraction of sp³-hybridized carbons (Fsp3) is 0.200. The van der Waals surface area contributed by atoms with Crippen LogP contribution in [0, 0.1) is 13.8 Å². The Labute approximate surface area is 122 Å². The SMILES string of the molecule is Cc1ccccc1OCC(=O)N/N=C/c1sccc1C. The van der Waals surface area contributed by atoms with Crippen LogP contribution in [0.4, 0.5) is 0 Å². The third kappa shape index (κ3) is 3.93.